The van der Waals surface area contributed by atoms with Gasteiger partial charge in [-0.3, -0.25) is 9.78 Å². The lowest BCUT2D eigenvalue weighted by atomic mass is 10.1. The fourth-order valence-corrected chi connectivity index (χ4v) is 1.51. The molecule has 0 bridgehead atoms. The first kappa shape index (κ1) is 13.8. The minimum Gasteiger partial charge on any atom is -0.353 e. The van der Waals surface area contributed by atoms with Crippen LogP contribution in [0.15, 0.2) is 24.5 Å². The van der Waals surface area contributed by atoms with Crippen LogP contribution in [0, 0.1) is 0 Å². The van der Waals surface area contributed by atoms with Crippen LogP contribution in [0.2, 0.25) is 0 Å². The molecule has 0 aromatic carbocycles. The maximum absolute atomic E-state index is 11.8. The number of ether oxygens (including phenoxy) is 2. The highest BCUT2D eigenvalue weighted by molar-refractivity contribution is 5.95. The molecule has 0 aliphatic heterocycles. The normalized spacial score (nSPS) is 10.8. The molecule has 0 radical (unpaired) electrons. The van der Waals surface area contributed by atoms with Crippen molar-refractivity contribution in [1.82, 2.24) is 4.98 Å². The standard InChI is InChI=1S/C13H19NO3/c1-3-16-13(17-4-2)8-7-12(15)11-6-5-9-14-10-11/h5-6,9-10,13H,3-4,7-8H2,1-2H3. The molecule has 1 rings (SSSR count). The van der Waals surface area contributed by atoms with Gasteiger partial charge in [0, 0.05) is 44.0 Å². The summed E-state index contributed by atoms with van der Waals surface area (Å²) in [6.45, 7) is 5.00. The van der Waals surface area contributed by atoms with Crippen molar-refractivity contribution in [3.05, 3.63) is 30.1 Å². The largest absolute Gasteiger partial charge is 0.353 e. The average molecular weight is 237 g/mol. The van der Waals surface area contributed by atoms with Gasteiger partial charge in [0.1, 0.15) is 0 Å². The molecule has 0 aliphatic carbocycles. The van der Waals surface area contributed by atoms with Gasteiger partial charge in [-0.15, -0.1) is 0 Å². The number of pyridine rings is 1. The molecule has 4 heteroatoms. The SMILES string of the molecule is CCOC(CCC(=O)c1cccnc1)OCC. The molecule has 0 spiro atoms. The Balaban J connectivity index is 2.41. The Bertz CT molecular complexity index is 321. The van der Waals surface area contributed by atoms with Gasteiger partial charge < -0.3 is 9.47 Å². The van der Waals surface area contributed by atoms with Gasteiger partial charge in [0.2, 0.25) is 0 Å². The lowest BCUT2D eigenvalue weighted by Crippen LogP contribution is -2.18. The molecule has 0 atom stereocenters. The van der Waals surface area contributed by atoms with Gasteiger partial charge in [-0.1, -0.05) is 0 Å². The summed E-state index contributed by atoms with van der Waals surface area (Å²) in [5.74, 6) is 0.0718. The van der Waals surface area contributed by atoms with Crippen molar-refractivity contribution < 1.29 is 14.3 Å². The number of aromatic nitrogens is 1. The van der Waals surface area contributed by atoms with E-state index in [-0.39, 0.29) is 12.1 Å². The second-order valence-corrected chi connectivity index (χ2v) is 3.54. The lowest BCUT2D eigenvalue weighted by Gasteiger charge is -2.16. The fraction of sp³-hybridized carbons (Fsp3) is 0.538. The first-order valence-electron chi connectivity index (χ1n) is 5.94. The van der Waals surface area contributed by atoms with Crippen LogP contribution in [-0.2, 0) is 9.47 Å². The summed E-state index contributed by atoms with van der Waals surface area (Å²) in [4.78, 5) is 15.7. The monoisotopic (exact) mass is 237 g/mol. The van der Waals surface area contributed by atoms with Gasteiger partial charge in [0.05, 0.1) is 0 Å². The Hall–Kier alpha value is -1.26. The number of carbonyl (C=O) groups is 1. The third kappa shape index (κ3) is 5.06. The fourth-order valence-electron chi connectivity index (χ4n) is 1.51. The van der Waals surface area contributed by atoms with Crippen LogP contribution in [0.4, 0.5) is 0 Å². The summed E-state index contributed by atoms with van der Waals surface area (Å²) in [7, 11) is 0. The van der Waals surface area contributed by atoms with Crippen molar-refractivity contribution in [3.63, 3.8) is 0 Å². The molecule has 0 saturated carbocycles. The highest BCUT2D eigenvalue weighted by atomic mass is 16.7. The van der Waals surface area contributed by atoms with Crippen LogP contribution in [-0.4, -0.2) is 30.3 Å². The van der Waals surface area contributed by atoms with E-state index in [4.69, 9.17) is 9.47 Å². The number of nitrogens with zero attached hydrogens (tertiary/aromatic N) is 1. The number of rotatable bonds is 8. The van der Waals surface area contributed by atoms with E-state index in [1.54, 1.807) is 24.5 Å². The van der Waals surface area contributed by atoms with E-state index in [0.717, 1.165) is 0 Å². The third-order valence-electron chi connectivity index (χ3n) is 2.30. The van der Waals surface area contributed by atoms with Crippen LogP contribution in [0.5, 0.6) is 0 Å². The van der Waals surface area contributed by atoms with Gasteiger partial charge in [-0.25, -0.2) is 0 Å². The van der Waals surface area contributed by atoms with Crippen molar-refractivity contribution in [2.45, 2.75) is 33.0 Å². The van der Waals surface area contributed by atoms with Crippen LogP contribution in [0.3, 0.4) is 0 Å². The molecule has 0 unspecified atom stereocenters. The maximum Gasteiger partial charge on any atom is 0.164 e. The molecule has 4 nitrogen and oxygen atoms in total. The van der Waals surface area contributed by atoms with Crippen molar-refractivity contribution >= 4 is 5.78 Å². The third-order valence-corrected chi connectivity index (χ3v) is 2.30. The van der Waals surface area contributed by atoms with E-state index >= 15 is 0 Å². The minimum absolute atomic E-state index is 0.0718. The highest BCUT2D eigenvalue weighted by Crippen LogP contribution is 2.09. The summed E-state index contributed by atoms with van der Waals surface area (Å²) in [5, 5.41) is 0. The second kappa shape index (κ2) is 7.92. The van der Waals surface area contributed by atoms with Crippen LogP contribution in [0.1, 0.15) is 37.0 Å². The number of carbonyl (C=O) groups excluding carboxylic acids is 1. The summed E-state index contributed by atoms with van der Waals surface area (Å²) in [6.07, 6.45) is 3.94. The molecule has 1 aromatic rings. The number of ketones is 1. The van der Waals surface area contributed by atoms with E-state index in [1.807, 2.05) is 13.8 Å². The summed E-state index contributed by atoms with van der Waals surface area (Å²) < 4.78 is 10.8. The maximum atomic E-state index is 11.8. The molecular formula is C13H19NO3. The number of hydrogen-bond acceptors (Lipinski definition) is 4. The topological polar surface area (TPSA) is 48.4 Å². The second-order valence-electron chi connectivity index (χ2n) is 3.54. The van der Waals surface area contributed by atoms with E-state index in [1.165, 1.54) is 0 Å². The minimum atomic E-state index is -0.286. The van der Waals surface area contributed by atoms with Gasteiger partial charge in [-0.05, 0) is 26.0 Å². The molecular weight excluding hydrogens is 218 g/mol. The van der Waals surface area contributed by atoms with Crippen molar-refractivity contribution in [2.24, 2.45) is 0 Å². The van der Waals surface area contributed by atoms with E-state index in [2.05, 4.69) is 4.98 Å². The quantitative estimate of drug-likeness (QED) is 0.514. The van der Waals surface area contributed by atoms with Gasteiger partial charge in [-0.2, -0.15) is 0 Å². The van der Waals surface area contributed by atoms with Gasteiger partial charge in [0.25, 0.3) is 0 Å². The number of hydrogen-bond donors (Lipinski definition) is 0. The van der Waals surface area contributed by atoms with Gasteiger partial charge >= 0.3 is 0 Å². The van der Waals surface area contributed by atoms with E-state index in [0.29, 0.717) is 31.6 Å². The molecule has 0 fully saturated rings. The predicted octanol–water partition coefficient (Wildman–Crippen LogP) is 2.44. The van der Waals surface area contributed by atoms with Crippen molar-refractivity contribution in [1.29, 1.82) is 0 Å². The molecule has 1 aromatic heterocycles. The molecule has 0 aliphatic rings. The molecule has 1 heterocycles. The molecule has 0 amide bonds. The zero-order valence-electron chi connectivity index (χ0n) is 10.4. The Labute approximate surface area is 102 Å². The highest BCUT2D eigenvalue weighted by Gasteiger charge is 2.12. The summed E-state index contributed by atoms with van der Waals surface area (Å²) in [5.41, 5.74) is 0.638. The Kier molecular flexibility index (Phi) is 6.43. The molecule has 94 valence electrons. The van der Waals surface area contributed by atoms with Crippen molar-refractivity contribution in [2.75, 3.05) is 13.2 Å². The first-order chi connectivity index (χ1) is 8.27. The number of Topliss-reactive ketones (excluding diaryl/α,β-unsaturated/α-hetero) is 1. The molecule has 17 heavy (non-hydrogen) atoms. The Morgan fingerprint density at radius 3 is 2.59 bits per heavy atom. The predicted molar refractivity (Wildman–Crippen MR) is 64.8 cm³/mol. The zero-order chi connectivity index (χ0) is 12.5. The van der Waals surface area contributed by atoms with Crippen LogP contribution >= 0.6 is 0 Å². The Morgan fingerprint density at radius 1 is 1.35 bits per heavy atom. The summed E-state index contributed by atoms with van der Waals surface area (Å²) >= 11 is 0. The van der Waals surface area contributed by atoms with Crippen molar-refractivity contribution in [3.8, 4) is 0 Å². The first-order valence-corrected chi connectivity index (χ1v) is 5.94. The molecule has 0 N–H and O–H groups in total. The van der Waals surface area contributed by atoms with Crippen LogP contribution < -0.4 is 0 Å². The summed E-state index contributed by atoms with van der Waals surface area (Å²) in [6, 6.07) is 3.53. The average Bonchev–Trinajstić information content (AvgIpc) is 2.37. The Morgan fingerprint density at radius 2 is 2.06 bits per heavy atom. The lowest BCUT2D eigenvalue weighted by molar-refractivity contribution is -0.138. The van der Waals surface area contributed by atoms with E-state index < -0.39 is 0 Å². The smallest absolute Gasteiger partial charge is 0.164 e. The van der Waals surface area contributed by atoms with Gasteiger partial charge in [0.15, 0.2) is 12.1 Å². The zero-order valence-corrected chi connectivity index (χ0v) is 10.4. The van der Waals surface area contributed by atoms with E-state index in [9.17, 15) is 4.79 Å². The van der Waals surface area contributed by atoms with Crippen LogP contribution in [0.25, 0.3) is 0 Å². The molecule has 0 saturated heterocycles.